The van der Waals surface area contributed by atoms with Gasteiger partial charge in [-0.25, -0.2) is 0 Å². The summed E-state index contributed by atoms with van der Waals surface area (Å²) in [4.78, 5) is 12.2. The van der Waals surface area contributed by atoms with E-state index in [1.54, 1.807) is 12.1 Å². The second-order valence-corrected chi connectivity index (χ2v) is 3.93. The second-order valence-electron chi connectivity index (χ2n) is 3.69. The van der Waals surface area contributed by atoms with Crippen molar-refractivity contribution in [3.63, 3.8) is 0 Å². The van der Waals surface area contributed by atoms with Gasteiger partial charge in [0.2, 0.25) is 0 Å². The molecule has 0 radical (unpaired) electrons. The van der Waals surface area contributed by atoms with Crippen LogP contribution in [0.15, 0.2) is 60.7 Å². The van der Waals surface area contributed by atoms with E-state index in [2.05, 4.69) is 4.72 Å². The van der Waals surface area contributed by atoms with E-state index in [1.165, 1.54) is 0 Å². The van der Waals surface area contributed by atoms with E-state index in [9.17, 15) is 4.79 Å². The van der Waals surface area contributed by atoms with Gasteiger partial charge in [-0.15, -0.1) is 0 Å². The molecule has 2 nitrogen and oxygen atoms in total. The number of benzene rings is 2. The lowest BCUT2D eigenvalue weighted by Gasteiger charge is -2.22. The number of ketones is 1. The third kappa shape index (κ3) is 2.75. The van der Waals surface area contributed by atoms with E-state index in [0.717, 1.165) is 5.56 Å². The summed E-state index contributed by atoms with van der Waals surface area (Å²) < 4.78 is 2.65. The lowest BCUT2D eigenvalue weighted by atomic mass is 9.98. The normalized spacial score (nSPS) is 12.1. The number of nitrogens with one attached hydrogen (secondary N) is 1. The predicted molar refractivity (Wildman–Crippen MR) is 70.5 cm³/mol. The molecule has 0 fully saturated rings. The van der Waals surface area contributed by atoms with Crippen LogP contribution in [0, 0.1) is 0 Å². The fourth-order valence-corrected chi connectivity index (χ4v) is 1.93. The molecular weight excluding hydrogens is 230 g/mol. The molecule has 1 atom stereocenters. The van der Waals surface area contributed by atoms with Crippen LogP contribution >= 0.6 is 0 Å². The fourth-order valence-electron chi connectivity index (χ4n) is 1.69. The Morgan fingerprint density at radius 3 is 2.00 bits per heavy atom. The minimum absolute atomic E-state index is 0.00759. The van der Waals surface area contributed by atoms with Gasteiger partial charge in [0.15, 0.2) is 5.78 Å². The zero-order valence-electron chi connectivity index (χ0n) is 9.17. The molecule has 0 spiro atoms. The first kappa shape index (κ1) is 11.9. The Bertz CT molecular complexity index is 484. The van der Waals surface area contributed by atoms with Crippen LogP contribution in [0.25, 0.3) is 0 Å². The monoisotopic (exact) mass is 242 g/mol. The minimum atomic E-state index is -0.464. The van der Waals surface area contributed by atoms with Crippen molar-refractivity contribution < 1.29 is 4.79 Å². The van der Waals surface area contributed by atoms with Gasteiger partial charge in [-0.2, -0.15) is 0 Å². The Kier molecular flexibility index (Phi) is 3.96. The highest BCUT2D eigenvalue weighted by Crippen LogP contribution is 2.17. The lowest BCUT2D eigenvalue weighted by Crippen LogP contribution is -2.24. The molecule has 0 heterocycles. The molecule has 0 aromatic heterocycles. The Balaban J connectivity index is 2.29. The van der Waals surface area contributed by atoms with Crippen LogP contribution in [0.2, 0.25) is 0 Å². The van der Waals surface area contributed by atoms with Crippen molar-refractivity contribution in [1.29, 1.82) is 0 Å². The fraction of sp³-hybridized carbons (Fsp3) is 0.0714. The van der Waals surface area contributed by atoms with Gasteiger partial charge in [-0.05, 0) is 5.56 Å². The molecule has 0 amide bonds. The summed E-state index contributed by atoms with van der Waals surface area (Å²) in [6.07, 6.45) is 0. The van der Waals surface area contributed by atoms with Crippen LogP contribution in [-0.2, 0) is 12.8 Å². The van der Waals surface area contributed by atoms with Crippen molar-refractivity contribution in [1.82, 2.24) is 4.72 Å². The van der Waals surface area contributed by atoms with Crippen LogP contribution in [0.1, 0.15) is 22.0 Å². The van der Waals surface area contributed by atoms with Crippen LogP contribution in [0.4, 0.5) is 0 Å². The van der Waals surface area contributed by atoms with E-state index < -0.39 is 6.04 Å². The number of hydrogen-bond acceptors (Lipinski definition) is 3. The molecular formula is C14H12NOS-. The molecule has 0 aliphatic carbocycles. The number of carbonyl (C=O) groups excluding carboxylic acids is 1. The number of rotatable bonds is 4. The van der Waals surface area contributed by atoms with E-state index in [0.29, 0.717) is 5.56 Å². The molecule has 0 bridgehead atoms. The number of hydrogen-bond donors (Lipinski definition) is 1. The lowest BCUT2D eigenvalue weighted by molar-refractivity contribution is 0.0955. The Hall–Kier alpha value is -1.58. The van der Waals surface area contributed by atoms with Gasteiger partial charge in [0.1, 0.15) is 0 Å². The molecule has 3 heteroatoms. The molecule has 2 rings (SSSR count). The summed E-state index contributed by atoms with van der Waals surface area (Å²) in [5.74, 6) is -0.00759. The first-order valence-corrected chi connectivity index (χ1v) is 5.75. The van der Waals surface area contributed by atoms with Gasteiger partial charge in [-0.3, -0.25) is 4.79 Å². The number of Topliss-reactive ketones (excluding diaryl/α,β-unsaturated/α-hetero) is 1. The average Bonchev–Trinajstić information content (AvgIpc) is 2.42. The molecule has 17 heavy (non-hydrogen) atoms. The van der Waals surface area contributed by atoms with E-state index in [4.69, 9.17) is 12.8 Å². The molecule has 86 valence electrons. The van der Waals surface area contributed by atoms with Crippen LogP contribution in [0.3, 0.4) is 0 Å². The van der Waals surface area contributed by atoms with Gasteiger partial charge in [0.25, 0.3) is 0 Å². The maximum absolute atomic E-state index is 12.2. The third-order valence-electron chi connectivity index (χ3n) is 2.57. The zero-order valence-corrected chi connectivity index (χ0v) is 9.98. The summed E-state index contributed by atoms with van der Waals surface area (Å²) in [6, 6.07) is 18.2. The maximum atomic E-state index is 12.2. The SMILES string of the molecule is O=C(c1ccccc1)C(N[S-])c1ccccc1. The second kappa shape index (κ2) is 5.66. The Morgan fingerprint density at radius 1 is 0.941 bits per heavy atom. The molecule has 2 aromatic rings. The van der Waals surface area contributed by atoms with Gasteiger partial charge in [0, 0.05) is 5.56 Å². The third-order valence-corrected chi connectivity index (χ3v) is 2.81. The average molecular weight is 242 g/mol. The first-order chi connectivity index (χ1) is 8.33. The quantitative estimate of drug-likeness (QED) is 0.660. The Morgan fingerprint density at radius 2 is 1.47 bits per heavy atom. The predicted octanol–water partition coefficient (Wildman–Crippen LogP) is 2.66. The van der Waals surface area contributed by atoms with Gasteiger partial charge in [-0.1, -0.05) is 60.7 Å². The van der Waals surface area contributed by atoms with Crippen molar-refractivity contribution in [2.24, 2.45) is 0 Å². The van der Waals surface area contributed by atoms with Crippen molar-refractivity contribution in [2.45, 2.75) is 6.04 Å². The summed E-state index contributed by atoms with van der Waals surface area (Å²) in [5.41, 5.74) is 1.55. The summed E-state index contributed by atoms with van der Waals surface area (Å²) in [7, 11) is 0. The maximum Gasteiger partial charge on any atom is 0.182 e. The highest BCUT2D eigenvalue weighted by molar-refractivity contribution is 7.56. The zero-order chi connectivity index (χ0) is 12.1. The van der Waals surface area contributed by atoms with Crippen LogP contribution in [0.5, 0.6) is 0 Å². The van der Waals surface area contributed by atoms with Gasteiger partial charge >= 0.3 is 0 Å². The molecule has 0 saturated carbocycles. The van der Waals surface area contributed by atoms with Crippen molar-refractivity contribution >= 4 is 18.6 Å². The molecule has 0 saturated heterocycles. The van der Waals surface area contributed by atoms with Crippen LogP contribution < -0.4 is 4.72 Å². The highest BCUT2D eigenvalue weighted by Gasteiger charge is 2.17. The van der Waals surface area contributed by atoms with E-state index >= 15 is 0 Å². The van der Waals surface area contributed by atoms with Crippen molar-refractivity contribution in [3.8, 4) is 0 Å². The van der Waals surface area contributed by atoms with Gasteiger partial charge in [0.05, 0.1) is 6.04 Å². The van der Waals surface area contributed by atoms with Crippen molar-refractivity contribution in [2.75, 3.05) is 0 Å². The molecule has 2 aromatic carbocycles. The standard InChI is InChI=1S/C14H12NOS/c16-14(12-9-5-2-6-10-12)13(15-17)11-7-3-1-4-8-11/h1-10,13,15H/q-1. The molecule has 1 N–H and O–H groups in total. The highest BCUT2D eigenvalue weighted by atomic mass is 32.1. The Labute approximate surface area is 106 Å². The largest absolute Gasteiger partial charge is 0.704 e. The smallest absolute Gasteiger partial charge is 0.182 e. The van der Waals surface area contributed by atoms with E-state index in [-0.39, 0.29) is 5.78 Å². The topological polar surface area (TPSA) is 29.1 Å². The first-order valence-electron chi connectivity index (χ1n) is 5.35. The summed E-state index contributed by atoms with van der Waals surface area (Å²) >= 11 is 4.86. The van der Waals surface area contributed by atoms with Crippen molar-refractivity contribution in [3.05, 3.63) is 71.8 Å². The molecule has 0 aliphatic rings. The molecule has 0 aliphatic heterocycles. The minimum Gasteiger partial charge on any atom is -0.704 e. The number of carbonyl (C=O) groups is 1. The summed E-state index contributed by atoms with van der Waals surface area (Å²) in [5, 5.41) is 0. The van der Waals surface area contributed by atoms with E-state index in [1.807, 2.05) is 48.5 Å². The van der Waals surface area contributed by atoms with Gasteiger partial charge < -0.3 is 17.5 Å². The summed E-state index contributed by atoms with van der Waals surface area (Å²) in [6.45, 7) is 0. The molecule has 1 unspecified atom stereocenters. The van der Waals surface area contributed by atoms with Crippen LogP contribution in [-0.4, -0.2) is 5.78 Å².